The fraction of sp³-hybridized carbons (Fsp3) is 0.789. The van der Waals surface area contributed by atoms with Crippen LogP contribution in [0.2, 0.25) is 0 Å². The molecule has 7 nitrogen and oxygen atoms in total. The summed E-state index contributed by atoms with van der Waals surface area (Å²) in [5.41, 5.74) is 1.19. The molecular weight excluding hydrogens is 326 g/mol. The van der Waals surface area contributed by atoms with Crippen LogP contribution in [0.5, 0.6) is 0 Å². The summed E-state index contributed by atoms with van der Waals surface area (Å²) >= 11 is 0. The van der Waals surface area contributed by atoms with E-state index in [1.54, 1.807) is 0 Å². The van der Waals surface area contributed by atoms with Crippen molar-refractivity contribution in [1.29, 1.82) is 0 Å². The van der Waals surface area contributed by atoms with Crippen molar-refractivity contribution < 1.29 is 0 Å². The standard InChI is InChI=1S/C19H37N7/c1-8-20-19(23-17-13-26(14(2)3)11-15(17)4)21-10-18(24(5)6)16-9-22-25(7)12-16/h9,12,14-15,17-18H,8,10-11,13H2,1-7H3,(H2,20,21,23). The number of aliphatic imine (C=N–C) groups is 1. The average molecular weight is 364 g/mol. The van der Waals surface area contributed by atoms with Gasteiger partial charge in [-0.1, -0.05) is 6.92 Å². The van der Waals surface area contributed by atoms with Gasteiger partial charge in [0, 0.05) is 50.5 Å². The Bertz CT molecular complexity index is 578. The molecule has 148 valence electrons. The summed E-state index contributed by atoms with van der Waals surface area (Å²) in [5, 5.41) is 11.4. The third-order valence-corrected chi connectivity index (χ3v) is 5.19. The van der Waals surface area contributed by atoms with Crippen molar-refractivity contribution in [3.63, 3.8) is 0 Å². The second-order valence-corrected chi connectivity index (χ2v) is 7.92. The first-order valence-electron chi connectivity index (χ1n) is 9.75. The van der Waals surface area contributed by atoms with Crippen LogP contribution in [-0.4, -0.2) is 77.9 Å². The molecule has 3 unspecified atom stereocenters. The van der Waals surface area contributed by atoms with Crippen LogP contribution in [0.1, 0.15) is 39.3 Å². The highest BCUT2D eigenvalue weighted by Gasteiger charge is 2.31. The van der Waals surface area contributed by atoms with E-state index in [1.165, 1.54) is 5.56 Å². The molecule has 0 amide bonds. The number of aryl methyl sites for hydroxylation is 1. The maximum absolute atomic E-state index is 4.89. The number of likely N-dealkylation sites (tertiary alicyclic amines) is 1. The molecule has 1 aromatic heterocycles. The molecule has 3 atom stereocenters. The Labute approximate surface area is 158 Å². The molecule has 0 radical (unpaired) electrons. The summed E-state index contributed by atoms with van der Waals surface area (Å²) in [5.74, 6) is 1.52. The van der Waals surface area contributed by atoms with Crippen LogP contribution in [0.3, 0.4) is 0 Å². The van der Waals surface area contributed by atoms with E-state index in [1.807, 2.05) is 17.9 Å². The van der Waals surface area contributed by atoms with Gasteiger partial charge >= 0.3 is 0 Å². The number of nitrogens with one attached hydrogen (secondary N) is 2. The van der Waals surface area contributed by atoms with Crippen molar-refractivity contribution >= 4 is 5.96 Å². The monoisotopic (exact) mass is 363 g/mol. The zero-order valence-corrected chi connectivity index (χ0v) is 17.5. The van der Waals surface area contributed by atoms with Gasteiger partial charge in [-0.05, 0) is 40.8 Å². The molecule has 1 saturated heterocycles. The van der Waals surface area contributed by atoms with Crippen molar-refractivity contribution in [2.45, 2.75) is 45.8 Å². The van der Waals surface area contributed by atoms with E-state index in [9.17, 15) is 0 Å². The third kappa shape index (κ3) is 5.45. The summed E-state index contributed by atoms with van der Waals surface area (Å²) < 4.78 is 1.85. The van der Waals surface area contributed by atoms with E-state index >= 15 is 0 Å². The normalized spacial score (nSPS) is 23.0. The van der Waals surface area contributed by atoms with Gasteiger partial charge in [0.15, 0.2) is 5.96 Å². The number of hydrogen-bond acceptors (Lipinski definition) is 4. The molecule has 1 fully saturated rings. The van der Waals surface area contributed by atoms with E-state index in [-0.39, 0.29) is 6.04 Å². The number of hydrogen-bond donors (Lipinski definition) is 2. The Morgan fingerprint density at radius 1 is 1.38 bits per heavy atom. The lowest BCUT2D eigenvalue weighted by molar-refractivity contribution is 0.265. The fourth-order valence-corrected chi connectivity index (χ4v) is 3.47. The first-order chi connectivity index (χ1) is 12.3. The molecule has 1 aromatic rings. The lowest BCUT2D eigenvalue weighted by Crippen LogP contribution is -2.47. The zero-order chi connectivity index (χ0) is 19.3. The van der Waals surface area contributed by atoms with Crippen molar-refractivity contribution in [3.05, 3.63) is 18.0 Å². The van der Waals surface area contributed by atoms with Gasteiger partial charge in [-0.3, -0.25) is 14.6 Å². The maximum atomic E-state index is 4.89. The first kappa shape index (κ1) is 20.7. The van der Waals surface area contributed by atoms with Crippen LogP contribution in [0.25, 0.3) is 0 Å². The minimum absolute atomic E-state index is 0.215. The molecule has 0 saturated carbocycles. The van der Waals surface area contributed by atoms with E-state index in [0.717, 1.165) is 25.6 Å². The summed E-state index contributed by atoms with van der Waals surface area (Å²) in [6, 6.07) is 1.24. The molecular formula is C19H37N7. The van der Waals surface area contributed by atoms with Crippen LogP contribution < -0.4 is 10.6 Å². The Hall–Kier alpha value is -1.60. The van der Waals surface area contributed by atoms with Crippen LogP contribution in [0.15, 0.2) is 17.4 Å². The second-order valence-electron chi connectivity index (χ2n) is 7.92. The number of rotatable bonds is 7. The second kappa shape index (κ2) is 9.37. The van der Waals surface area contributed by atoms with Gasteiger partial charge in [0.2, 0.25) is 0 Å². The van der Waals surface area contributed by atoms with E-state index in [4.69, 9.17) is 4.99 Å². The predicted octanol–water partition coefficient (Wildman–Crippen LogP) is 1.31. The quantitative estimate of drug-likeness (QED) is 0.565. The Morgan fingerprint density at radius 2 is 2.12 bits per heavy atom. The molecule has 1 aliphatic heterocycles. The number of likely N-dealkylation sites (N-methyl/N-ethyl adjacent to an activating group) is 1. The summed E-state index contributed by atoms with van der Waals surface area (Å²) in [6.45, 7) is 12.7. The Balaban J connectivity index is 2.05. The van der Waals surface area contributed by atoms with Crippen molar-refractivity contribution in [1.82, 2.24) is 30.2 Å². The molecule has 0 bridgehead atoms. The zero-order valence-electron chi connectivity index (χ0n) is 17.5. The molecule has 0 aromatic carbocycles. The Morgan fingerprint density at radius 3 is 2.62 bits per heavy atom. The van der Waals surface area contributed by atoms with Crippen LogP contribution in [0, 0.1) is 5.92 Å². The summed E-state index contributed by atoms with van der Waals surface area (Å²) in [7, 11) is 6.13. The summed E-state index contributed by atoms with van der Waals surface area (Å²) in [6.07, 6.45) is 4.00. The molecule has 0 aliphatic carbocycles. The smallest absolute Gasteiger partial charge is 0.191 e. The minimum atomic E-state index is 0.215. The molecule has 2 heterocycles. The van der Waals surface area contributed by atoms with Crippen molar-refractivity contribution in [2.24, 2.45) is 18.0 Å². The molecule has 7 heteroatoms. The maximum Gasteiger partial charge on any atom is 0.191 e. The number of nitrogens with zero attached hydrogens (tertiary/aromatic N) is 5. The molecule has 2 N–H and O–H groups in total. The fourth-order valence-electron chi connectivity index (χ4n) is 3.47. The first-order valence-corrected chi connectivity index (χ1v) is 9.75. The molecule has 26 heavy (non-hydrogen) atoms. The Kier molecular flexibility index (Phi) is 7.46. The van der Waals surface area contributed by atoms with Gasteiger partial charge in [0.25, 0.3) is 0 Å². The highest BCUT2D eigenvalue weighted by Crippen LogP contribution is 2.19. The van der Waals surface area contributed by atoms with E-state index < -0.39 is 0 Å². The van der Waals surface area contributed by atoms with Crippen LogP contribution in [0.4, 0.5) is 0 Å². The van der Waals surface area contributed by atoms with Gasteiger partial charge in [0.1, 0.15) is 0 Å². The number of aromatic nitrogens is 2. The highest BCUT2D eigenvalue weighted by atomic mass is 15.3. The van der Waals surface area contributed by atoms with Crippen molar-refractivity contribution in [3.8, 4) is 0 Å². The predicted molar refractivity (Wildman–Crippen MR) is 108 cm³/mol. The highest BCUT2D eigenvalue weighted by molar-refractivity contribution is 5.80. The minimum Gasteiger partial charge on any atom is -0.357 e. The third-order valence-electron chi connectivity index (χ3n) is 5.19. The largest absolute Gasteiger partial charge is 0.357 e. The molecule has 0 spiro atoms. The van der Waals surface area contributed by atoms with Crippen molar-refractivity contribution in [2.75, 3.05) is 40.3 Å². The lowest BCUT2D eigenvalue weighted by atomic mass is 10.1. The number of guanidine groups is 1. The van der Waals surface area contributed by atoms with Gasteiger partial charge in [-0.15, -0.1) is 0 Å². The van der Waals surface area contributed by atoms with Gasteiger partial charge in [-0.25, -0.2) is 0 Å². The topological polar surface area (TPSA) is 60.7 Å². The van der Waals surface area contributed by atoms with Crippen LogP contribution >= 0.6 is 0 Å². The van der Waals surface area contributed by atoms with Gasteiger partial charge < -0.3 is 15.5 Å². The summed E-state index contributed by atoms with van der Waals surface area (Å²) in [4.78, 5) is 9.61. The average Bonchev–Trinajstić information content (AvgIpc) is 3.14. The molecule has 1 aliphatic rings. The van der Waals surface area contributed by atoms with E-state index in [0.29, 0.717) is 24.5 Å². The lowest BCUT2D eigenvalue weighted by Gasteiger charge is -2.24. The SMILES string of the molecule is CCNC(=NCC(c1cnn(C)c1)N(C)C)NC1CN(C(C)C)CC1C. The van der Waals surface area contributed by atoms with Crippen LogP contribution in [-0.2, 0) is 7.05 Å². The molecule has 2 rings (SSSR count). The van der Waals surface area contributed by atoms with Gasteiger partial charge in [0.05, 0.1) is 18.8 Å². The van der Waals surface area contributed by atoms with E-state index in [2.05, 4.69) is 73.5 Å². The van der Waals surface area contributed by atoms with Gasteiger partial charge in [-0.2, -0.15) is 5.10 Å².